The number of hydrogen-bond donors (Lipinski definition) is 1. The number of benzene rings is 1. The summed E-state index contributed by atoms with van der Waals surface area (Å²) in [5.41, 5.74) is -0.193. The zero-order valence-corrected chi connectivity index (χ0v) is 16.2. The zero-order chi connectivity index (χ0) is 18.7. The maximum atomic E-state index is 13.0. The van der Waals surface area contributed by atoms with Gasteiger partial charge in [0.15, 0.2) is 0 Å². The minimum Gasteiger partial charge on any atom is -0.458 e. The van der Waals surface area contributed by atoms with Crippen LogP contribution in [0.4, 0.5) is 5.69 Å². The number of ether oxygens (including phenoxy) is 1. The number of anilines is 1. The molecule has 1 saturated heterocycles. The summed E-state index contributed by atoms with van der Waals surface area (Å²) < 4.78 is 32.0. The summed E-state index contributed by atoms with van der Waals surface area (Å²) in [7, 11) is -3.66. The SMILES string of the molecule is CC(C)(C)OC(=O)C(C1CCNCC1)N(c1ccccc1)S(C)(=O)=O. The lowest BCUT2D eigenvalue weighted by molar-refractivity contribution is -0.157. The quantitative estimate of drug-likeness (QED) is 0.806. The van der Waals surface area contributed by atoms with Gasteiger partial charge in [0.2, 0.25) is 10.0 Å². The van der Waals surface area contributed by atoms with Crippen LogP contribution in [0.25, 0.3) is 0 Å². The smallest absolute Gasteiger partial charge is 0.330 e. The third-order valence-corrected chi connectivity index (χ3v) is 5.25. The summed E-state index contributed by atoms with van der Waals surface area (Å²) in [5.74, 6) is -0.584. The fourth-order valence-electron chi connectivity index (χ4n) is 3.14. The summed E-state index contributed by atoms with van der Waals surface area (Å²) in [6.07, 6.45) is 2.59. The van der Waals surface area contributed by atoms with E-state index in [0.717, 1.165) is 32.2 Å². The van der Waals surface area contributed by atoms with Crippen molar-refractivity contribution >= 4 is 21.7 Å². The first-order valence-corrected chi connectivity index (χ1v) is 10.4. The van der Waals surface area contributed by atoms with Crippen molar-refractivity contribution in [1.82, 2.24) is 5.32 Å². The summed E-state index contributed by atoms with van der Waals surface area (Å²) in [6.45, 7) is 6.89. The lowest BCUT2D eigenvalue weighted by Crippen LogP contribution is -2.53. The van der Waals surface area contributed by atoms with Crippen LogP contribution in [0.2, 0.25) is 0 Å². The van der Waals surface area contributed by atoms with Crippen molar-refractivity contribution in [1.29, 1.82) is 0 Å². The Morgan fingerprint density at radius 1 is 1.20 bits per heavy atom. The Balaban J connectivity index is 2.47. The Hall–Kier alpha value is -1.60. The van der Waals surface area contributed by atoms with E-state index < -0.39 is 27.6 Å². The zero-order valence-electron chi connectivity index (χ0n) is 15.4. The van der Waals surface area contributed by atoms with E-state index in [4.69, 9.17) is 4.74 Å². The second-order valence-electron chi connectivity index (χ2n) is 7.46. The predicted octanol–water partition coefficient (Wildman–Crippen LogP) is 2.16. The molecule has 25 heavy (non-hydrogen) atoms. The van der Waals surface area contributed by atoms with Crippen LogP contribution in [-0.4, -0.2) is 45.4 Å². The summed E-state index contributed by atoms with van der Waals surface area (Å²) in [5, 5.41) is 3.25. The average Bonchev–Trinajstić information content (AvgIpc) is 2.51. The van der Waals surface area contributed by atoms with Crippen molar-refractivity contribution in [2.24, 2.45) is 5.92 Å². The summed E-state index contributed by atoms with van der Waals surface area (Å²) in [4.78, 5) is 13.0. The Morgan fingerprint density at radius 3 is 2.24 bits per heavy atom. The number of rotatable bonds is 5. The number of carbonyl (C=O) groups is 1. The molecule has 1 N–H and O–H groups in total. The largest absolute Gasteiger partial charge is 0.458 e. The lowest BCUT2D eigenvalue weighted by Gasteiger charge is -2.38. The second kappa shape index (κ2) is 7.74. The number of nitrogens with zero attached hydrogens (tertiary/aromatic N) is 1. The molecule has 1 unspecified atom stereocenters. The number of sulfonamides is 1. The molecule has 1 aliphatic rings. The fraction of sp³-hybridized carbons (Fsp3) is 0.611. The molecule has 2 rings (SSSR count). The molecule has 1 atom stereocenters. The van der Waals surface area contributed by atoms with E-state index >= 15 is 0 Å². The molecule has 0 aliphatic carbocycles. The third kappa shape index (κ3) is 5.44. The molecule has 7 heteroatoms. The van der Waals surface area contributed by atoms with Crippen molar-refractivity contribution in [3.8, 4) is 0 Å². The third-order valence-electron chi connectivity index (χ3n) is 4.10. The Kier molecular flexibility index (Phi) is 6.11. The van der Waals surface area contributed by atoms with Gasteiger partial charge in [0.1, 0.15) is 11.6 Å². The molecule has 1 aromatic rings. The molecule has 0 radical (unpaired) electrons. The van der Waals surface area contributed by atoms with Crippen LogP contribution in [0.5, 0.6) is 0 Å². The van der Waals surface area contributed by atoms with E-state index in [-0.39, 0.29) is 5.92 Å². The van der Waals surface area contributed by atoms with E-state index in [1.54, 1.807) is 45.0 Å². The van der Waals surface area contributed by atoms with Gasteiger partial charge in [0, 0.05) is 0 Å². The molecule has 1 aromatic carbocycles. The number of carbonyl (C=O) groups excluding carboxylic acids is 1. The maximum absolute atomic E-state index is 13.0. The molecular weight excluding hydrogens is 340 g/mol. The van der Waals surface area contributed by atoms with E-state index in [0.29, 0.717) is 5.69 Å². The van der Waals surface area contributed by atoms with Gasteiger partial charge in [0.05, 0.1) is 11.9 Å². The molecule has 1 fully saturated rings. The summed E-state index contributed by atoms with van der Waals surface area (Å²) in [6, 6.07) is 7.90. The Morgan fingerprint density at radius 2 is 1.76 bits per heavy atom. The fourth-order valence-corrected chi connectivity index (χ4v) is 4.31. The molecule has 6 nitrogen and oxygen atoms in total. The van der Waals surface area contributed by atoms with Crippen LogP contribution < -0.4 is 9.62 Å². The highest BCUT2D eigenvalue weighted by Gasteiger charge is 2.41. The molecule has 140 valence electrons. The normalized spacial score (nSPS) is 17.8. The standard InChI is InChI=1S/C18H28N2O4S/c1-18(2,3)24-17(21)16(14-10-12-19-13-11-14)20(25(4,22)23)15-8-6-5-7-9-15/h5-9,14,16,19H,10-13H2,1-4H3. The number of hydrogen-bond acceptors (Lipinski definition) is 5. The predicted molar refractivity (Wildman–Crippen MR) is 99.0 cm³/mol. The van der Waals surface area contributed by atoms with Gasteiger partial charge in [-0.1, -0.05) is 18.2 Å². The van der Waals surface area contributed by atoms with Crippen molar-refractivity contribution < 1.29 is 17.9 Å². The van der Waals surface area contributed by atoms with E-state index in [9.17, 15) is 13.2 Å². The topological polar surface area (TPSA) is 75.7 Å². The second-order valence-corrected chi connectivity index (χ2v) is 9.32. The Labute approximate surface area is 150 Å². The molecule has 0 bridgehead atoms. The van der Waals surface area contributed by atoms with Crippen LogP contribution in [0.1, 0.15) is 33.6 Å². The molecule has 1 aliphatic heterocycles. The number of piperidine rings is 1. The first-order valence-electron chi connectivity index (χ1n) is 8.57. The van der Waals surface area contributed by atoms with Crippen molar-refractivity contribution in [3.63, 3.8) is 0 Å². The number of esters is 1. The monoisotopic (exact) mass is 368 g/mol. The highest BCUT2D eigenvalue weighted by molar-refractivity contribution is 7.92. The van der Waals surface area contributed by atoms with Crippen molar-refractivity contribution in [2.45, 2.75) is 45.3 Å². The van der Waals surface area contributed by atoms with E-state index in [1.807, 2.05) is 6.07 Å². The van der Waals surface area contributed by atoms with Crippen molar-refractivity contribution in [3.05, 3.63) is 30.3 Å². The van der Waals surface area contributed by atoms with Gasteiger partial charge in [-0.25, -0.2) is 13.2 Å². The molecule has 1 heterocycles. The van der Waals surface area contributed by atoms with Gasteiger partial charge < -0.3 is 10.1 Å². The minimum absolute atomic E-state index is 0.0916. The molecule has 0 spiro atoms. The number of nitrogens with one attached hydrogen (secondary N) is 1. The lowest BCUT2D eigenvalue weighted by atomic mass is 9.89. The Bertz CT molecular complexity index is 677. The number of para-hydroxylation sites is 1. The van der Waals surface area contributed by atoms with Crippen LogP contribution in [0.3, 0.4) is 0 Å². The molecule has 0 amide bonds. The first-order chi connectivity index (χ1) is 11.6. The van der Waals surface area contributed by atoms with Gasteiger partial charge in [-0.3, -0.25) is 4.31 Å². The average molecular weight is 368 g/mol. The minimum atomic E-state index is -3.66. The highest BCUT2D eigenvalue weighted by Crippen LogP contribution is 2.30. The molecule has 0 aromatic heterocycles. The first kappa shape index (κ1) is 19.7. The van der Waals surface area contributed by atoms with Gasteiger partial charge in [-0.15, -0.1) is 0 Å². The van der Waals surface area contributed by atoms with Crippen LogP contribution >= 0.6 is 0 Å². The van der Waals surface area contributed by atoms with Gasteiger partial charge in [0.25, 0.3) is 0 Å². The van der Waals surface area contributed by atoms with Crippen LogP contribution in [-0.2, 0) is 19.6 Å². The summed E-state index contributed by atoms with van der Waals surface area (Å²) >= 11 is 0. The van der Waals surface area contributed by atoms with Gasteiger partial charge in [-0.05, 0) is 64.8 Å². The molecular formula is C18H28N2O4S. The maximum Gasteiger partial charge on any atom is 0.330 e. The molecule has 0 saturated carbocycles. The van der Waals surface area contributed by atoms with Crippen LogP contribution in [0.15, 0.2) is 30.3 Å². The van der Waals surface area contributed by atoms with Crippen LogP contribution in [0, 0.1) is 5.92 Å². The van der Waals surface area contributed by atoms with Crippen molar-refractivity contribution in [2.75, 3.05) is 23.7 Å². The van der Waals surface area contributed by atoms with E-state index in [2.05, 4.69) is 5.32 Å². The van der Waals surface area contributed by atoms with Gasteiger partial charge in [-0.2, -0.15) is 0 Å². The highest BCUT2D eigenvalue weighted by atomic mass is 32.2. The van der Waals surface area contributed by atoms with E-state index in [1.165, 1.54) is 4.31 Å². The van der Waals surface area contributed by atoms with Gasteiger partial charge >= 0.3 is 5.97 Å².